The van der Waals surface area contributed by atoms with Crippen LogP contribution in [0, 0.1) is 6.92 Å². The van der Waals surface area contributed by atoms with Crippen LogP contribution in [0.3, 0.4) is 0 Å². The number of aryl methyl sites for hydroxylation is 1. The molecule has 1 N–H and O–H groups in total. The van der Waals surface area contributed by atoms with Crippen LogP contribution >= 0.6 is 11.8 Å². The molecule has 0 bridgehead atoms. The summed E-state index contributed by atoms with van der Waals surface area (Å²) in [6.45, 7) is 1.98. The first kappa shape index (κ1) is 17.1. The first-order valence-corrected chi connectivity index (χ1v) is 8.61. The zero-order valence-electron chi connectivity index (χ0n) is 13.5. The predicted molar refractivity (Wildman–Crippen MR) is 95.8 cm³/mol. The summed E-state index contributed by atoms with van der Waals surface area (Å²) in [4.78, 5) is 24.5. The minimum Gasteiger partial charge on any atom is -0.508 e. The highest BCUT2D eigenvalue weighted by molar-refractivity contribution is 8.00. The number of thioether (sulfide) groups is 1. The van der Waals surface area contributed by atoms with Crippen LogP contribution in [0.25, 0.3) is 11.0 Å². The van der Waals surface area contributed by atoms with Crippen LogP contribution in [0.15, 0.2) is 62.6 Å². The van der Waals surface area contributed by atoms with Gasteiger partial charge in [-0.2, -0.15) is 0 Å². The number of ether oxygens (including phenoxy) is 1. The summed E-state index contributed by atoms with van der Waals surface area (Å²) in [6, 6.07) is 13.6. The van der Waals surface area contributed by atoms with Crippen molar-refractivity contribution in [2.24, 2.45) is 0 Å². The van der Waals surface area contributed by atoms with Crippen LogP contribution < -0.4 is 5.63 Å². The lowest BCUT2D eigenvalue weighted by atomic mass is 10.1. The molecule has 2 aromatic carbocycles. The summed E-state index contributed by atoms with van der Waals surface area (Å²) < 4.78 is 10.3. The number of hydrogen-bond acceptors (Lipinski definition) is 6. The molecule has 0 saturated heterocycles. The average Bonchev–Trinajstić information content (AvgIpc) is 2.58. The Hall–Kier alpha value is -2.73. The summed E-state index contributed by atoms with van der Waals surface area (Å²) in [5.74, 6) is -0.187. The summed E-state index contributed by atoms with van der Waals surface area (Å²) in [5, 5.41) is 10.1. The van der Waals surface area contributed by atoms with E-state index in [1.807, 2.05) is 31.2 Å². The number of fused-ring (bicyclic) bond motifs is 1. The van der Waals surface area contributed by atoms with Gasteiger partial charge < -0.3 is 14.3 Å². The second-order valence-corrected chi connectivity index (χ2v) is 6.58. The smallest absolute Gasteiger partial charge is 0.336 e. The Morgan fingerprint density at radius 1 is 1.16 bits per heavy atom. The minimum absolute atomic E-state index is 0.000655. The predicted octanol–water partition coefficient (Wildman–Crippen LogP) is 3.64. The van der Waals surface area contributed by atoms with Gasteiger partial charge in [0.15, 0.2) is 0 Å². The molecule has 0 unspecified atom stereocenters. The average molecular weight is 356 g/mol. The Kier molecular flexibility index (Phi) is 5.09. The summed E-state index contributed by atoms with van der Waals surface area (Å²) >= 11 is 1.39. The van der Waals surface area contributed by atoms with Crippen molar-refractivity contribution in [3.8, 4) is 5.75 Å². The zero-order chi connectivity index (χ0) is 17.8. The van der Waals surface area contributed by atoms with E-state index in [4.69, 9.17) is 9.15 Å². The highest BCUT2D eigenvalue weighted by Crippen LogP contribution is 2.23. The number of carbonyl (C=O) groups is 1. The van der Waals surface area contributed by atoms with Gasteiger partial charge in [0.2, 0.25) is 0 Å². The van der Waals surface area contributed by atoms with Crippen LogP contribution in [0.2, 0.25) is 0 Å². The van der Waals surface area contributed by atoms with E-state index in [0.29, 0.717) is 10.9 Å². The molecule has 3 rings (SSSR count). The maximum Gasteiger partial charge on any atom is 0.336 e. The van der Waals surface area contributed by atoms with Gasteiger partial charge in [0, 0.05) is 28.0 Å². The molecule has 0 radical (unpaired) electrons. The first-order valence-electron chi connectivity index (χ1n) is 7.62. The molecule has 0 aliphatic carbocycles. The number of phenols is 1. The van der Waals surface area contributed by atoms with Gasteiger partial charge >= 0.3 is 11.6 Å². The molecule has 128 valence electrons. The van der Waals surface area contributed by atoms with Gasteiger partial charge in [0.1, 0.15) is 17.9 Å². The van der Waals surface area contributed by atoms with Crippen molar-refractivity contribution in [1.29, 1.82) is 0 Å². The molecule has 0 aliphatic heterocycles. The lowest BCUT2D eigenvalue weighted by molar-refractivity contribution is -0.141. The van der Waals surface area contributed by atoms with E-state index >= 15 is 0 Å². The molecule has 1 heterocycles. The largest absolute Gasteiger partial charge is 0.508 e. The Morgan fingerprint density at radius 3 is 2.68 bits per heavy atom. The summed E-state index contributed by atoms with van der Waals surface area (Å²) in [6.07, 6.45) is 0. The second-order valence-electron chi connectivity index (χ2n) is 5.53. The topological polar surface area (TPSA) is 76.7 Å². The Bertz CT molecular complexity index is 960. The van der Waals surface area contributed by atoms with Crippen molar-refractivity contribution in [1.82, 2.24) is 0 Å². The van der Waals surface area contributed by atoms with Crippen LogP contribution in [0.1, 0.15) is 11.1 Å². The van der Waals surface area contributed by atoms with Crippen LogP contribution in [0.5, 0.6) is 5.75 Å². The molecular weight excluding hydrogens is 340 g/mol. The Labute approximate surface area is 148 Å². The van der Waals surface area contributed by atoms with Gasteiger partial charge in [-0.05, 0) is 31.2 Å². The van der Waals surface area contributed by atoms with Crippen molar-refractivity contribution >= 4 is 28.7 Å². The van der Waals surface area contributed by atoms with Crippen molar-refractivity contribution in [3.05, 3.63) is 70.1 Å². The number of esters is 1. The molecule has 0 saturated carbocycles. The standard InChI is InChI=1S/C19H16O5S/c1-12-2-5-15(6-3-12)25-11-19(22)23-10-13-8-18(21)24-17-9-14(20)4-7-16(13)17/h2-9,20H,10-11H2,1H3. The summed E-state index contributed by atoms with van der Waals surface area (Å²) in [5.41, 5.74) is 1.40. The van der Waals surface area contributed by atoms with Crippen molar-refractivity contribution in [2.75, 3.05) is 5.75 Å². The van der Waals surface area contributed by atoms with E-state index in [1.54, 1.807) is 6.07 Å². The van der Waals surface area contributed by atoms with E-state index in [1.165, 1.54) is 30.0 Å². The molecule has 3 aromatic rings. The summed E-state index contributed by atoms with van der Waals surface area (Å²) in [7, 11) is 0. The van der Waals surface area contributed by atoms with Crippen LogP contribution in [-0.2, 0) is 16.1 Å². The molecule has 5 nitrogen and oxygen atoms in total. The zero-order valence-corrected chi connectivity index (χ0v) is 14.3. The highest BCUT2D eigenvalue weighted by Gasteiger charge is 2.10. The fourth-order valence-corrected chi connectivity index (χ4v) is 3.01. The number of hydrogen-bond donors (Lipinski definition) is 1. The fourth-order valence-electron chi connectivity index (χ4n) is 2.31. The minimum atomic E-state index is -0.557. The van der Waals surface area contributed by atoms with E-state index < -0.39 is 5.63 Å². The number of rotatable bonds is 5. The Balaban J connectivity index is 1.65. The third-order valence-corrected chi connectivity index (χ3v) is 4.57. The maximum absolute atomic E-state index is 11.9. The van der Waals surface area contributed by atoms with Gasteiger partial charge in [-0.3, -0.25) is 4.79 Å². The van der Waals surface area contributed by atoms with Gasteiger partial charge in [0.25, 0.3) is 0 Å². The van der Waals surface area contributed by atoms with Gasteiger partial charge in [-0.15, -0.1) is 11.8 Å². The Morgan fingerprint density at radius 2 is 1.92 bits per heavy atom. The second kappa shape index (κ2) is 7.44. The molecular formula is C19H16O5S. The lowest BCUT2D eigenvalue weighted by Gasteiger charge is -2.07. The molecule has 1 aromatic heterocycles. The van der Waals surface area contributed by atoms with Gasteiger partial charge in [-0.1, -0.05) is 17.7 Å². The van der Waals surface area contributed by atoms with Crippen LogP contribution in [0.4, 0.5) is 0 Å². The monoisotopic (exact) mass is 356 g/mol. The molecule has 0 fully saturated rings. The third-order valence-electron chi connectivity index (χ3n) is 3.58. The number of aromatic hydroxyl groups is 1. The van der Waals surface area contributed by atoms with Crippen molar-refractivity contribution < 1.29 is 19.1 Å². The number of carbonyl (C=O) groups excluding carboxylic acids is 1. The third kappa shape index (κ3) is 4.42. The van der Waals surface area contributed by atoms with Crippen LogP contribution in [-0.4, -0.2) is 16.8 Å². The fraction of sp³-hybridized carbons (Fsp3) is 0.158. The van der Waals surface area contributed by atoms with E-state index in [2.05, 4.69) is 0 Å². The molecule has 0 atom stereocenters. The van der Waals surface area contributed by atoms with E-state index in [0.717, 1.165) is 10.5 Å². The highest BCUT2D eigenvalue weighted by atomic mass is 32.2. The lowest BCUT2D eigenvalue weighted by Crippen LogP contribution is -2.09. The molecule has 25 heavy (non-hydrogen) atoms. The quantitative estimate of drug-likeness (QED) is 0.427. The SMILES string of the molecule is Cc1ccc(SCC(=O)OCc2cc(=O)oc3cc(O)ccc23)cc1. The number of phenolic OH excluding ortho intramolecular Hbond substituents is 1. The molecule has 6 heteroatoms. The molecule has 0 spiro atoms. The van der Waals surface area contributed by atoms with Crippen molar-refractivity contribution in [3.63, 3.8) is 0 Å². The van der Waals surface area contributed by atoms with E-state index in [9.17, 15) is 14.7 Å². The van der Waals surface area contributed by atoms with Gasteiger partial charge in [-0.25, -0.2) is 4.79 Å². The molecule has 0 amide bonds. The maximum atomic E-state index is 11.9. The number of benzene rings is 2. The molecule has 0 aliphatic rings. The first-order chi connectivity index (χ1) is 12.0. The van der Waals surface area contributed by atoms with Gasteiger partial charge in [0.05, 0.1) is 5.75 Å². The van der Waals surface area contributed by atoms with E-state index in [-0.39, 0.29) is 29.7 Å². The van der Waals surface area contributed by atoms with Crippen molar-refractivity contribution in [2.45, 2.75) is 18.4 Å². The normalized spacial score (nSPS) is 10.8.